The van der Waals surface area contributed by atoms with E-state index in [1.807, 2.05) is 42.0 Å². The topological polar surface area (TPSA) is 54.2 Å². The number of benzene rings is 1. The van der Waals surface area contributed by atoms with Crippen LogP contribution in [0, 0.1) is 0 Å². The van der Waals surface area contributed by atoms with Gasteiger partial charge in [-0.25, -0.2) is 9.97 Å². The van der Waals surface area contributed by atoms with E-state index in [-0.39, 0.29) is 0 Å². The Kier molecular flexibility index (Phi) is 3.62. The van der Waals surface area contributed by atoms with Crippen LogP contribution in [0.4, 0.5) is 17.3 Å². The molecular weight excluding hydrogens is 386 g/mol. The maximum atomic E-state index is 4.52. The minimum Gasteiger partial charge on any atom is -0.372 e. The highest BCUT2D eigenvalue weighted by molar-refractivity contribution is 9.11. The monoisotopic (exact) mass is 395 g/mol. The largest absolute Gasteiger partial charge is 0.372 e. The molecule has 0 radical (unpaired) electrons. The van der Waals surface area contributed by atoms with Gasteiger partial charge in [-0.2, -0.15) is 0 Å². The van der Waals surface area contributed by atoms with Crippen LogP contribution in [0.3, 0.4) is 0 Å². The summed E-state index contributed by atoms with van der Waals surface area (Å²) >= 11 is 7.06. The third-order valence-corrected chi connectivity index (χ3v) is 4.16. The van der Waals surface area contributed by atoms with Crippen molar-refractivity contribution in [1.82, 2.24) is 14.4 Å². The predicted molar refractivity (Wildman–Crippen MR) is 87.7 cm³/mol. The second kappa shape index (κ2) is 5.41. The van der Waals surface area contributed by atoms with E-state index >= 15 is 0 Å². The van der Waals surface area contributed by atoms with Crippen molar-refractivity contribution in [2.75, 3.05) is 17.7 Å². The first-order valence-corrected chi connectivity index (χ1v) is 7.50. The van der Waals surface area contributed by atoms with Crippen molar-refractivity contribution < 1.29 is 0 Å². The molecule has 0 aliphatic rings. The molecule has 5 nitrogen and oxygen atoms in total. The number of hydrogen-bond donors (Lipinski definition) is 2. The maximum Gasteiger partial charge on any atom is 0.180 e. The number of anilines is 3. The summed E-state index contributed by atoms with van der Waals surface area (Å²) < 4.78 is 3.83. The molecule has 0 aliphatic heterocycles. The molecule has 7 heteroatoms. The Morgan fingerprint density at radius 1 is 1.20 bits per heavy atom. The van der Waals surface area contributed by atoms with Gasteiger partial charge in [-0.3, -0.25) is 0 Å². The second-order valence-corrected chi connectivity index (χ2v) is 5.81. The zero-order valence-corrected chi connectivity index (χ0v) is 13.7. The van der Waals surface area contributed by atoms with Crippen LogP contribution in [-0.4, -0.2) is 21.4 Å². The van der Waals surface area contributed by atoms with Gasteiger partial charge in [0.1, 0.15) is 5.82 Å². The zero-order chi connectivity index (χ0) is 14.1. The highest BCUT2D eigenvalue weighted by Crippen LogP contribution is 2.33. The third kappa shape index (κ3) is 2.38. The summed E-state index contributed by atoms with van der Waals surface area (Å²) in [6.45, 7) is 0. The molecule has 0 spiro atoms. The van der Waals surface area contributed by atoms with Gasteiger partial charge in [-0.05, 0) is 44.0 Å². The van der Waals surface area contributed by atoms with E-state index in [2.05, 4.69) is 52.5 Å². The predicted octanol–water partition coefficient (Wildman–Crippen LogP) is 4.04. The highest BCUT2D eigenvalue weighted by Gasteiger charge is 2.11. The van der Waals surface area contributed by atoms with Gasteiger partial charge in [0.15, 0.2) is 11.5 Å². The van der Waals surface area contributed by atoms with E-state index in [4.69, 9.17) is 0 Å². The summed E-state index contributed by atoms with van der Waals surface area (Å²) in [5.41, 5.74) is 1.69. The summed E-state index contributed by atoms with van der Waals surface area (Å²) in [6.07, 6.45) is 5.53. The molecule has 2 aromatic heterocycles. The molecule has 0 aliphatic carbocycles. The van der Waals surface area contributed by atoms with Crippen molar-refractivity contribution in [1.29, 1.82) is 0 Å². The van der Waals surface area contributed by atoms with E-state index in [9.17, 15) is 0 Å². The number of rotatable bonds is 3. The molecule has 102 valence electrons. The van der Waals surface area contributed by atoms with Gasteiger partial charge >= 0.3 is 0 Å². The van der Waals surface area contributed by atoms with Gasteiger partial charge < -0.3 is 15.0 Å². The fourth-order valence-electron chi connectivity index (χ4n) is 1.87. The lowest BCUT2D eigenvalue weighted by molar-refractivity contribution is 1.12. The van der Waals surface area contributed by atoms with Crippen molar-refractivity contribution >= 4 is 54.8 Å². The summed E-state index contributed by atoms with van der Waals surface area (Å²) in [4.78, 5) is 8.85. The molecule has 2 heterocycles. The number of fused-ring (bicyclic) bond motifs is 1. The number of para-hydroxylation sites is 1. The first-order valence-electron chi connectivity index (χ1n) is 5.91. The van der Waals surface area contributed by atoms with E-state index in [0.29, 0.717) is 5.82 Å². The number of aromatic nitrogens is 3. The Hall–Kier alpha value is -1.60. The molecule has 0 amide bonds. The minimum atomic E-state index is 0.689. The highest BCUT2D eigenvalue weighted by atomic mass is 79.9. The first-order chi connectivity index (χ1) is 9.69. The molecule has 3 rings (SSSR count). The van der Waals surface area contributed by atoms with Crippen LogP contribution < -0.4 is 10.6 Å². The summed E-state index contributed by atoms with van der Waals surface area (Å²) in [7, 11) is 1.84. The van der Waals surface area contributed by atoms with Gasteiger partial charge in [-0.1, -0.05) is 6.07 Å². The Labute approximate surface area is 132 Å². The fraction of sp³-hybridized carbons (Fsp3) is 0.0769. The van der Waals surface area contributed by atoms with Crippen LogP contribution in [0.15, 0.2) is 45.7 Å². The van der Waals surface area contributed by atoms with Crippen molar-refractivity contribution in [3.05, 3.63) is 45.7 Å². The van der Waals surface area contributed by atoms with Crippen LogP contribution in [0.1, 0.15) is 0 Å². The minimum absolute atomic E-state index is 0.689. The van der Waals surface area contributed by atoms with Crippen molar-refractivity contribution in [2.45, 2.75) is 0 Å². The summed E-state index contributed by atoms with van der Waals surface area (Å²) in [6, 6.07) is 5.90. The number of imidazole rings is 1. The van der Waals surface area contributed by atoms with Crippen LogP contribution in [0.25, 0.3) is 5.65 Å². The lowest BCUT2D eigenvalue weighted by Crippen LogP contribution is -2.03. The quantitative estimate of drug-likeness (QED) is 0.701. The van der Waals surface area contributed by atoms with Gasteiger partial charge in [0, 0.05) is 28.4 Å². The van der Waals surface area contributed by atoms with E-state index in [0.717, 1.165) is 26.1 Å². The molecule has 0 atom stereocenters. The Balaban J connectivity index is 2.12. The Morgan fingerprint density at radius 3 is 2.65 bits per heavy atom. The van der Waals surface area contributed by atoms with E-state index in [1.54, 1.807) is 6.20 Å². The average Bonchev–Trinajstić information content (AvgIpc) is 2.91. The van der Waals surface area contributed by atoms with Gasteiger partial charge in [-0.15, -0.1) is 0 Å². The lowest BCUT2D eigenvalue weighted by atomic mass is 10.3. The Bertz CT molecular complexity index is 748. The molecule has 0 unspecified atom stereocenters. The molecule has 3 aromatic rings. The molecule has 1 aromatic carbocycles. The SMILES string of the molecule is CNc1cn2ccnc2c(Nc2c(Br)cccc2Br)n1. The summed E-state index contributed by atoms with van der Waals surface area (Å²) in [5.74, 6) is 1.45. The number of hydrogen-bond acceptors (Lipinski definition) is 4. The standard InChI is InChI=1S/C13H11Br2N5/c1-16-10-7-20-6-5-17-13(20)12(18-10)19-11-8(14)3-2-4-9(11)15/h2-7,16H,1H3,(H,18,19). The molecule has 0 bridgehead atoms. The third-order valence-electron chi connectivity index (χ3n) is 2.84. The van der Waals surface area contributed by atoms with Crippen molar-refractivity contribution in [3.63, 3.8) is 0 Å². The van der Waals surface area contributed by atoms with Gasteiger partial charge in [0.05, 0.1) is 11.9 Å². The lowest BCUT2D eigenvalue weighted by Gasteiger charge is -2.12. The van der Waals surface area contributed by atoms with Gasteiger partial charge in [0.2, 0.25) is 0 Å². The molecule has 0 fully saturated rings. The fourth-order valence-corrected chi connectivity index (χ4v) is 3.07. The van der Waals surface area contributed by atoms with Crippen LogP contribution in [0.5, 0.6) is 0 Å². The molecule has 20 heavy (non-hydrogen) atoms. The van der Waals surface area contributed by atoms with Crippen molar-refractivity contribution in [2.24, 2.45) is 0 Å². The first kappa shape index (κ1) is 13.4. The smallest absolute Gasteiger partial charge is 0.180 e. The van der Waals surface area contributed by atoms with Crippen LogP contribution >= 0.6 is 31.9 Å². The number of nitrogens with zero attached hydrogens (tertiary/aromatic N) is 3. The normalized spacial score (nSPS) is 10.8. The molecule has 0 saturated carbocycles. The second-order valence-electron chi connectivity index (χ2n) is 4.10. The average molecular weight is 397 g/mol. The summed E-state index contributed by atoms with van der Waals surface area (Å²) in [5, 5.41) is 6.36. The molecule has 0 saturated heterocycles. The van der Waals surface area contributed by atoms with E-state index in [1.165, 1.54) is 0 Å². The Morgan fingerprint density at radius 2 is 1.95 bits per heavy atom. The molecular formula is C13H11Br2N5. The number of halogens is 2. The zero-order valence-electron chi connectivity index (χ0n) is 10.6. The van der Waals surface area contributed by atoms with E-state index < -0.39 is 0 Å². The maximum absolute atomic E-state index is 4.52. The van der Waals surface area contributed by atoms with Crippen LogP contribution in [0.2, 0.25) is 0 Å². The number of nitrogens with one attached hydrogen (secondary N) is 2. The van der Waals surface area contributed by atoms with Gasteiger partial charge in [0.25, 0.3) is 0 Å². The van der Waals surface area contributed by atoms with Crippen LogP contribution in [-0.2, 0) is 0 Å². The van der Waals surface area contributed by atoms with Crippen molar-refractivity contribution in [3.8, 4) is 0 Å². The molecule has 2 N–H and O–H groups in total.